The molecule has 0 bridgehead atoms. The second-order valence-electron chi connectivity index (χ2n) is 3.55. The van der Waals surface area contributed by atoms with Crippen LogP contribution in [0.3, 0.4) is 0 Å². The average molecular weight is 300 g/mol. The van der Waals surface area contributed by atoms with Crippen molar-refractivity contribution in [3.63, 3.8) is 0 Å². The summed E-state index contributed by atoms with van der Waals surface area (Å²) in [6.45, 7) is 4.69. The van der Waals surface area contributed by atoms with Crippen LogP contribution in [0.2, 0.25) is 0 Å². The van der Waals surface area contributed by atoms with Crippen LogP contribution < -0.4 is 5.32 Å². The molecule has 1 rings (SSSR count). The average Bonchev–Trinajstić information content (AvgIpc) is 2.28. The SMILES string of the molecule is CCNC(C)(C#N)CSc1ncccc1Br. The fourth-order valence-corrected chi connectivity index (χ4v) is 2.73. The van der Waals surface area contributed by atoms with Crippen molar-refractivity contribution in [2.24, 2.45) is 0 Å². The lowest BCUT2D eigenvalue weighted by Crippen LogP contribution is -2.43. The van der Waals surface area contributed by atoms with Gasteiger partial charge < -0.3 is 0 Å². The molecule has 5 heteroatoms. The molecule has 16 heavy (non-hydrogen) atoms. The van der Waals surface area contributed by atoms with Crippen molar-refractivity contribution in [1.29, 1.82) is 5.26 Å². The molecular formula is C11H14BrN3S. The molecule has 1 heterocycles. The third-order valence-electron chi connectivity index (χ3n) is 2.04. The Morgan fingerprint density at radius 2 is 2.44 bits per heavy atom. The minimum Gasteiger partial charge on any atom is -0.299 e. The molecule has 3 nitrogen and oxygen atoms in total. The maximum absolute atomic E-state index is 9.11. The number of halogens is 1. The molecule has 86 valence electrons. The first-order valence-corrected chi connectivity index (χ1v) is 6.79. The van der Waals surface area contributed by atoms with Gasteiger partial charge in [-0.05, 0) is 41.5 Å². The van der Waals surface area contributed by atoms with Crippen molar-refractivity contribution >= 4 is 27.7 Å². The van der Waals surface area contributed by atoms with E-state index in [4.69, 9.17) is 5.26 Å². The van der Waals surface area contributed by atoms with E-state index in [1.165, 1.54) is 0 Å². The molecule has 0 aliphatic heterocycles. The van der Waals surface area contributed by atoms with Gasteiger partial charge in [0.25, 0.3) is 0 Å². The molecule has 0 aromatic carbocycles. The van der Waals surface area contributed by atoms with E-state index in [9.17, 15) is 0 Å². The molecule has 0 saturated carbocycles. The van der Waals surface area contributed by atoms with Crippen LogP contribution in [0, 0.1) is 11.3 Å². The summed E-state index contributed by atoms with van der Waals surface area (Å²) in [5.41, 5.74) is -0.504. The quantitative estimate of drug-likeness (QED) is 0.850. The van der Waals surface area contributed by atoms with Gasteiger partial charge in [-0.1, -0.05) is 6.92 Å². The summed E-state index contributed by atoms with van der Waals surface area (Å²) in [4.78, 5) is 4.25. The lowest BCUT2D eigenvalue weighted by molar-refractivity contribution is 0.511. The monoisotopic (exact) mass is 299 g/mol. The van der Waals surface area contributed by atoms with Crippen molar-refractivity contribution in [3.05, 3.63) is 22.8 Å². The lowest BCUT2D eigenvalue weighted by Gasteiger charge is -2.21. The third kappa shape index (κ3) is 3.78. The Kier molecular flexibility index (Phi) is 5.26. The molecule has 0 aliphatic rings. The highest BCUT2D eigenvalue weighted by Crippen LogP contribution is 2.27. The van der Waals surface area contributed by atoms with Crippen LogP contribution in [0.5, 0.6) is 0 Å². The maximum atomic E-state index is 9.11. The molecule has 0 saturated heterocycles. The van der Waals surface area contributed by atoms with Gasteiger partial charge in [-0.15, -0.1) is 11.8 Å². The largest absolute Gasteiger partial charge is 0.299 e. The topological polar surface area (TPSA) is 48.7 Å². The van der Waals surface area contributed by atoms with Gasteiger partial charge in [-0.3, -0.25) is 5.32 Å². The number of hydrogen-bond donors (Lipinski definition) is 1. The fraction of sp³-hybridized carbons (Fsp3) is 0.455. The van der Waals surface area contributed by atoms with Crippen LogP contribution in [0.4, 0.5) is 0 Å². The Bertz CT molecular complexity index is 391. The van der Waals surface area contributed by atoms with Gasteiger partial charge in [-0.25, -0.2) is 4.98 Å². The van der Waals surface area contributed by atoms with Crippen LogP contribution in [-0.2, 0) is 0 Å². The zero-order valence-corrected chi connectivity index (χ0v) is 11.7. The zero-order chi connectivity index (χ0) is 12.0. The van der Waals surface area contributed by atoms with E-state index >= 15 is 0 Å². The molecule has 0 amide bonds. The molecule has 1 aromatic heterocycles. The summed E-state index contributed by atoms with van der Waals surface area (Å²) in [6, 6.07) is 6.12. The number of rotatable bonds is 5. The van der Waals surface area contributed by atoms with Gasteiger partial charge in [0.15, 0.2) is 0 Å². The van der Waals surface area contributed by atoms with Crippen LogP contribution in [0.15, 0.2) is 27.8 Å². The number of nitrogens with one attached hydrogen (secondary N) is 1. The van der Waals surface area contributed by atoms with E-state index in [-0.39, 0.29) is 0 Å². The molecule has 0 fully saturated rings. The summed E-state index contributed by atoms with van der Waals surface area (Å²) in [5.74, 6) is 0.674. The summed E-state index contributed by atoms with van der Waals surface area (Å²) >= 11 is 5.01. The Labute approximate surface area is 109 Å². The van der Waals surface area contributed by atoms with Crippen LogP contribution in [0.1, 0.15) is 13.8 Å². The highest BCUT2D eigenvalue weighted by molar-refractivity contribution is 9.10. The summed E-state index contributed by atoms with van der Waals surface area (Å²) < 4.78 is 0.969. The molecular weight excluding hydrogens is 286 g/mol. The molecule has 1 N–H and O–H groups in total. The first-order chi connectivity index (χ1) is 7.61. The number of thioether (sulfide) groups is 1. The summed E-state index contributed by atoms with van der Waals surface area (Å²) in [6.07, 6.45) is 1.75. The van der Waals surface area contributed by atoms with Gasteiger partial charge in [0, 0.05) is 16.4 Å². The Balaban J connectivity index is 2.64. The third-order valence-corrected chi connectivity index (χ3v) is 4.26. The number of pyridine rings is 1. The van der Waals surface area contributed by atoms with Gasteiger partial charge in [0.2, 0.25) is 0 Å². The van der Waals surface area contributed by atoms with Crippen LogP contribution >= 0.6 is 27.7 Å². The highest BCUT2D eigenvalue weighted by atomic mass is 79.9. The first-order valence-electron chi connectivity index (χ1n) is 5.01. The van der Waals surface area contributed by atoms with Crippen LogP contribution in [-0.4, -0.2) is 22.8 Å². The molecule has 0 spiro atoms. The number of nitriles is 1. The molecule has 0 aliphatic carbocycles. The smallest absolute Gasteiger partial charge is 0.113 e. The molecule has 1 aromatic rings. The minimum absolute atomic E-state index is 0.504. The van der Waals surface area contributed by atoms with E-state index in [2.05, 4.69) is 32.3 Å². The molecule has 1 unspecified atom stereocenters. The predicted octanol–water partition coefficient (Wildman–Crippen LogP) is 2.83. The highest BCUT2D eigenvalue weighted by Gasteiger charge is 2.23. The zero-order valence-electron chi connectivity index (χ0n) is 9.33. The van der Waals surface area contributed by atoms with Gasteiger partial charge in [-0.2, -0.15) is 5.26 Å². The molecule has 0 radical (unpaired) electrons. The van der Waals surface area contributed by atoms with Crippen molar-refractivity contribution in [3.8, 4) is 6.07 Å². The second-order valence-corrected chi connectivity index (χ2v) is 5.37. The van der Waals surface area contributed by atoms with E-state index in [0.717, 1.165) is 16.0 Å². The van der Waals surface area contributed by atoms with Crippen LogP contribution in [0.25, 0.3) is 0 Å². The maximum Gasteiger partial charge on any atom is 0.113 e. The number of nitrogens with zero attached hydrogens (tertiary/aromatic N) is 2. The van der Waals surface area contributed by atoms with Crippen molar-refractivity contribution in [1.82, 2.24) is 10.3 Å². The lowest BCUT2D eigenvalue weighted by atomic mass is 10.1. The second kappa shape index (κ2) is 6.24. The van der Waals surface area contributed by atoms with E-state index < -0.39 is 5.54 Å². The van der Waals surface area contributed by atoms with Crippen molar-refractivity contribution in [2.75, 3.05) is 12.3 Å². The van der Waals surface area contributed by atoms with Crippen molar-refractivity contribution in [2.45, 2.75) is 24.4 Å². The number of aromatic nitrogens is 1. The number of hydrogen-bond acceptors (Lipinski definition) is 4. The van der Waals surface area contributed by atoms with Gasteiger partial charge >= 0.3 is 0 Å². The van der Waals surface area contributed by atoms with E-state index in [0.29, 0.717) is 5.75 Å². The standard InChI is InChI=1S/C11H14BrN3S/c1-3-15-11(2,7-13)8-16-10-9(12)5-4-6-14-10/h4-6,15H,3,8H2,1-2H3. The van der Waals surface area contributed by atoms with Gasteiger partial charge in [0.1, 0.15) is 10.6 Å². The predicted molar refractivity (Wildman–Crippen MR) is 70.4 cm³/mol. The van der Waals surface area contributed by atoms with E-state index in [1.807, 2.05) is 26.0 Å². The van der Waals surface area contributed by atoms with E-state index in [1.54, 1.807) is 18.0 Å². The Hall–Kier alpha value is -0.570. The fourth-order valence-electron chi connectivity index (χ4n) is 1.20. The van der Waals surface area contributed by atoms with Crippen molar-refractivity contribution < 1.29 is 0 Å². The Morgan fingerprint density at radius 3 is 3.00 bits per heavy atom. The summed E-state index contributed by atoms with van der Waals surface area (Å²) in [7, 11) is 0. The first kappa shape index (κ1) is 13.5. The normalized spacial score (nSPS) is 14.1. The van der Waals surface area contributed by atoms with Gasteiger partial charge in [0.05, 0.1) is 6.07 Å². The summed E-state index contributed by atoms with van der Waals surface area (Å²) in [5, 5.41) is 13.2. The Morgan fingerprint density at radius 1 is 1.69 bits per heavy atom. The minimum atomic E-state index is -0.504. The molecule has 1 atom stereocenters.